The number of hydrogen-bond donors (Lipinski definition) is 0. The van der Waals surface area contributed by atoms with Crippen LogP contribution in [0.2, 0.25) is 0 Å². The van der Waals surface area contributed by atoms with Gasteiger partial charge in [0.2, 0.25) is 0 Å². The molecule has 2 heteroatoms. The second-order valence-electron chi connectivity index (χ2n) is 3.28. The third kappa shape index (κ3) is 3.19. The van der Waals surface area contributed by atoms with E-state index < -0.39 is 6.17 Å². The number of unbranched alkanes of at least 4 members (excludes halogenated alkanes) is 2. The summed E-state index contributed by atoms with van der Waals surface area (Å²) in [6.45, 7) is 2.50. The van der Waals surface area contributed by atoms with Gasteiger partial charge in [-0.25, -0.2) is 4.39 Å². The van der Waals surface area contributed by atoms with Gasteiger partial charge in [-0.3, -0.25) is 0 Å². The van der Waals surface area contributed by atoms with Crippen molar-refractivity contribution in [2.75, 3.05) is 6.61 Å². The van der Waals surface area contributed by atoms with Crippen LogP contribution in [0.15, 0.2) is 0 Å². The predicted molar refractivity (Wildman–Crippen MR) is 43.4 cm³/mol. The molecule has 66 valence electrons. The van der Waals surface area contributed by atoms with Crippen LogP contribution in [0.5, 0.6) is 0 Å². The van der Waals surface area contributed by atoms with E-state index in [2.05, 4.69) is 6.92 Å². The van der Waals surface area contributed by atoms with Gasteiger partial charge in [0.15, 0.2) is 0 Å². The molecule has 1 nitrogen and oxygen atoms in total. The largest absolute Gasteiger partial charge is 0.375 e. The highest BCUT2D eigenvalue weighted by Crippen LogP contribution is 2.20. The molecule has 11 heavy (non-hydrogen) atoms. The molecular weight excluding hydrogens is 143 g/mol. The molecule has 0 aromatic carbocycles. The minimum atomic E-state index is -0.693. The fourth-order valence-electron chi connectivity index (χ4n) is 1.49. The summed E-state index contributed by atoms with van der Waals surface area (Å²) in [6, 6.07) is 0. The van der Waals surface area contributed by atoms with Crippen LogP contribution < -0.4 is 0 Å². The van der Waals surface area contributed by atoms with Crippen molar-refractivity contribution >= 4 is 0 Å². The van der Waals surface area contributed by atoms with Crippen molar-refractivity contribution in [3.8, 4) is 0 Å². The van der Waals surface area contributed by atoms with Gasteiger partial charge in [-0.05, 0) is 6.42 Å². The summed E-state index contributed by atoms with van der Waals surface area (Å²) in [5.41, 5.74) is 0. The van der Waals surface area contributed by atoms with Gasteiger partial charge in [0.05, 0.1) is 12.7 Å². The zero-order valence-corrected chi connectivity index (χ0v) is 7.18. The van der Waals surface area contributed by atoms with Gasteiger partial charge in [0.25, 0.3) is 0 Å². The lowest BCUT2D eigenvalue weighted by molar-refractivity contribution is 0.0951. The van der Waals surface area contributed by atoms with Crippen LogP contribution >= 0.6 is 0 Å². The van der Waals surface area contributed by atoms with E-state index in [1.54, 1.807) is 0 Å². The highest BCUT2D eigenvalue weighted by atomic mass is 19.1. The van der Waals surface area contributed by atoms with Crippen LogP contribution in [-0.4, -0.2) is 18.9 Å². The van der Waals surface area contributed by atoms with Crippen molar-refractivity contribution in [3.63, 3.8) is 0 Å². The summed E-state index contributed by atoms with van der Waals surface area (Å²) in [4.78, 5) is 0. The van der Waals surface area contributed by atoms with E-state index in [4.69, 9.17) is 4.74 Å². The Morgan fingerprint density at radius 2 is 2.27 bits per heavy atom. The first-order chi connectivity index (χ1) is 5.33. The van der Waals surface area contributed by atoms with Crippen LogP contribution in [0.4, 0.5) is 4.39 Å². The number of hydrogen-bond acceptors (Lipinski definition) is 1. The Balaban J connectivity index is 1.99. The molecule has 1 saturated heterocycles. The molecule has 1 heterocycles. The molecule has 0 saturated carbocycles. The normalized spacial score (nSPS) is 31.1. The molecule has 1 rings (SSSR count). The second-order valence-corrected chi connectivity index (χ2v) is 3.28. The first kappa shape index (κ1) is 8.98. The van der Waals surface area contributed by atoms with Gasteiger partial charge in [0.1, 0.15) is 6.17 Å². The van der Waals surface area contributed by atoms with Crippen molar-refractivity contribution in [3.05, 3.63) is 0 Å². The van der Waals surface area contributed by atoms with Crippen LogP contribution in [0, 0.1) is 0 Å². The molecule has 0 N–H and O–H groups in total. The molecule has 0 amide bonds. The number of ether oxygens (including phenoxy) is 1. The van der Waals surface area contributed by atoms with Crippen LogP contribution in [0.1, 0.15) is 39.0 Å². The average molecular weight is 160 g/mol. The first-order valence-corrected chi connectivity index (χ1v) is 4.58. The Hall–Kier alpha value is -0.110. The van der Waals surface area contributed by atoms with Gasteiger partial charge in [-0.1, -0.05) is 26.2 Å². The highest BCUT2D eigenvalue weighted by Gasteiger charge is 2.23. The topological polar surface area (TPSA) is 9.23 Å². The van der Waals surface area contributed by atoms with E-state index in [1.807, 2.05) is 0 Å². The smallest absolute Gasteiger partial charge is 0.126 e. The molecular formula is C9H17FO. The Bertz CT molecular complexity index is 106. The van der Waals surface area contributed by atoms with Crippen LogP contribution in [0.3, 0.4) is 0 Å². The molecule has 0 aromatic heterocycles. The maximum Gasteiger partial charge on any atom is 0.126 e. The number of alkyl halides is 1. The third-order valence-electron chi connectivity index (χ3n) is 2.16. The molecule has 1 fully saturated rings. The van der Waals surface area contributed by atoms with Gasteiger partial charge < -0.3 is 4.74 Å². The minimum absolute atomic E-state index is 0.219. The second kappa shape index (κ2) is 4.70. The molecule has 0 radical (unpaired) electrons. The quantitative estimate of drug-likeness (QED) is 0.574. The van der Waals surface area contributed by atoms with Crippen LogP contribution in [-0.2, 0) is 4.74 Å². The standard InChI is InChI=1S/C9H17FO/c1-2-3-4-5-9-6-8(10)7-11-9/h8-9H,2-7H2,1H3. The van der Waals surface area contributed by atoms with E-state index >= 15 is 0 Å². The molecule has 1 aliphatic rings. The number of halogens is 1. The van der Waals surface area contributed by atoms with E-state index in [1.165, 1.54) is 19.3 Å². The van der Waals surface area contributed by atoms with Gasteiger partial charge in [0, 0.05) is 6.42 Å². The van der Waals surface area contributed by atoms with Crippen molar-refractivity contribution < 1.29 is 9.13 Å². The fraction of sp³-hybridized carbons (Fsp3) is 1.00. The maximum atomic E-state index is 12.6. The Morgan fingerprint density at radius 1 is 1.45 bits per heavy atom. The fourth-order valence-corrected chi connectivity index (χ4v) is 1.49. The Morgan fingerprint density at radius 3 is 2.82 bits per heavy atom. The first-order valence-electron chi connectivity index (χ1n) is 4.58. The third-order valence-corrected chi connectivity index (χ3v) is 2.16. The summed E-state index contributed by atoms with van der Waals surface area (Å²) < 4.78 is 17.8. The van der Waals surface area contributed by atoms with Crippen LogP contribution in [0.25, 0.3) is 0 Å². The molecule has 2 unspecified atom stereocenters. The van der Waals surface area contributed by atoms with E-state index in [9.17, 15) is 4.39 Å². The maximum absolute atomic E-state index is 12.6. The summed E-state index contributed by atoms with van der Waals surface area (Å²) >= 11 is 0. The summed E-state index contributed by atoms with van der Waals surface area (Å²) in [5.74, 6) is 0. The Labute approximate surface area is 67.9 Å². The Kier molecular flexibility index (Phi) is 3.84. The SMILES string of the molecule is CCCCCC1CC(F)CO1. The predicted octanol–water partition coefficient (Wildman–Crippen LogP) is 2.69. The zero-order valence-electron chi connectivity index (χ0n) is 7.18. The van der Waals surface area contributed by atoms with E-state index in [-0.39, 0.29) is 6.10 Å². The number of rotatable bonds is 4. The highest BCUT2D eigenvalue weighted by molar-refractivity contribution is 4.72. The van der Waals surface area contributed by atoms with Crippen molar-refractivity contribution in [1.82, 2.24) is 0 Å². The minimum Gasteiger partial charge on any atom is -0.375 e. The van der Waals surface area contributed by atoms with Crippen molar-refractivity contribution in [2.45, 2.75) is 51.3 Å². The van der Waals surface area contributed by atoms with Crippen molar-refractivity contribution in [1.29, 1.82) is 0 Å². The molecule has 0 bridgehead atoms. The molecule has 0 aromatic rings. The zero-order chi connectivity index (χ0) is 8.10. The molecule has 0 spiro atoms. The average Bonchev–Trinajstić information content (AvgIpc) is 2.37. The summed E-state index contributed by atoms with van der Waals surface area (Å²) in [5, 5.41) is 0. The van der Waals surface area contributed by atoms with E-state index in [0.717, 1.165) is 6.42 Å². The lowest BCUT2D eigenvalue weighted by atomic mass is 10.1. The van der Waals surface area contributed by atoms with Gasteiger partial charge >= 0.3 is 0 Å². The van der Waals surface area contributed by atoms with E-state index in [0.29, 0.717) is 13.0 Å². The molecule has 2 atom stereocenters. The van der Waals surface area contributed by atoms with Gasteiger partial charge in [-0.15, -0.1) is 0 Å². The molecule has 1 aliphatic heterocycles. The summed E-state index contributed by atoms with van der Waals surface area (Å²) in [6.07, 6.45) is 4.87. The van der Waals surface area contributed by atoms with Gasteiger partial charge in [-0.2, -0.15) is 0 Å². The lowest BCUT2D eigenvalue weighted by Gasteiger charge is -2.06. The molecule has 0 aliphatic carbocycles. The van der Waals surface area contributed by atoms with Crippen molar-refractivity contribution in [2.24, 2.45) is 0 Å². The summed E-state index contributed by atoms with van der Waals surface area (Å²) in [7, 11) is 0. The lowest BCUT2D eigenvalue weighted by Crippen LogP contribution is -2.04. The monoisotopic (exact) mass is 160 g/mol.